The van der Waals surface area contributed by atoms with Crippen LogP contribution in [0.15, 0.2) is 10.6 Å². The smallest absolute Gasteiger partial charge is 0.229 e. The Bertz CT molecular complexity index is 420. The summed E-state index contributed by atoms with van der Waals surface area (Å²) in [5.41, 5.74) is 0.376. The van der Waals surface area contributed by atoms with Gasteiger partial charge in [0.15, 0.2) is 5.82 Å². The molecule has 0 aromatic carbocycles. The van der Waals surface area contributed by atoms with Crippen LogP contribution in [0.3, 0.4) is 0 Å². The van der Waals surface area contributed by atoms with E-state index in [9.17, 15) is 4.79 Å². The molecule has 3 rings (SSSR count). The number of hydrogen-bond acceptors (Lipinski definition) is 3. The highest BCUT2D eigenvalue weighted by molar-refractivity contribution is 5.94. The summed E-state index contributed by atoms with van der Waals surface area (Å²) < 4.78 is 5.04. The Morgan fingerprint density at radius 2 is 2.50 bits per heavy atom. The van der Waals surface area contributed by atoms with Crippen molar-refractivity contribution in [2.24, 2.45) is 11.3 Å². The van der Waals surface area contributed by atoms with Gasteiger partial charge >= 0.3 is 0 Å². The van der Waals surface area contributed by atoms with E-state index in [0.29, 0.717) is 11.2 Å². The van der Waals surface area contributed by atoms with Crippen LogP contribution < -0.4 is 5.32 Å². The molecule has 16 heavy (non-hydrogen) atoms. The van der Waals surface area contributed by atoms with Crippen LogP contribution >= 0.6 is 0 Å². The molecule has 4 nitrogen and oxygen atoms in total. The van der Waals surface area contributed by atoms with Gasteiger partial charge in [0, 0.05) is 18.4 Å². The number of nitrogens with one attached hydrogen (secondary N) is 1. The summed E-state index contributed by atoms with van der Waals surface area (Å²) >= 11 is 0. The Balaban J connectivity index is 1.60. The molecule has 2 aliphatic carbocycles. The van der Waals surface area contributed by atoms with Crippen molar-refractivity contribution in [1.82, 2.24) is 5.16 Å². The number of aromatic nitrogens is 1. The van der Waals surface area contributed by atoms with Gasteiger partial charge in [0.25, 0.3) is 0 Å². The lowest BCUT2D eigenvalue weighted by Crippen LogP contribution is -2.23. The Hall–Kier alpha value is -1.32. The summed E-state index contributed by atoms with van der Waals surface area (Å²) in [5, 5.41) is 6.66. The Labute approximate surface area is 94.4 Å². The summed E-state index contributed by atoms with van der Waals surface area (Å²) in [6.45, 7) is 2.00. The maximum atomic E-state index is 11.9. The minimum Gasteiger partial charge on any atom is -0.359 e. The topological polar surface area (TPSA) is 55.1 Å². The van der Waals surface area contributed by atoms with Gasteiger partial charge < -0.3 is 9.84 Å². The molecule has 0 aliphatic heterocycles. The van der Waals surface area contributed by atoms with Crippen molar-refractivity contribution in [3.63, 3.8) is 0 Å². The van der Waals surface area contributed by atoms with Crippen LogP contribution in [-0.4, -0.2) is 11.1 Å². The zero-order valence-electron chi connectivity index (χ0n) is 9.45. The van der Waals surface area contributed by atoms with Gasteiger partial charge in [-0.05, 0) is 24.7 Å². The molecule has 0 radical (unpaired) electrons. The van der Waals surface area contributed by atoms with Gasteiger partial charge in [-0.3, -0.25) is 4.79 Å². The molecular weight excluding hydrogens is 204 g/mol. The molecule has 2 fully saturated rings. The highest BCUT2D eigenvalue weighted by Gasteiger charge is 2.60. The number of nitrogens with zero attached hydrogens (tertiary/aromatic N) is 1. The first-order valence-electron chi connectivity index (χ1n) is 6.00. The van der Waals surface area contributed by atoms with Crippen LogP contribution in [0.25, 0.3) is 0 Å². The second-order valence-corrected chi connectivity index (χ2v) is 4.99. The van der Waals surface area contributed by atoms with Crippen molar-refractivity contribution in [1.29, 1.82) is 0 Å². The molecule has 1 aromatic rings. The summed E-state index contributed by atoms with van der Waals surface area (Å²) in [4.78, 5) is 11.9. The van der Waals surface area contributed by atoms with E-state index in [2.05, 4.69) is 10.5 Å². The molecule has 0 saturated heterocycles. The molecule has 1 heterocycles. The third-order valence-corrected chi connectivity index (χ3v) is 4.01. The normalized spacial score (nSPS) is 25.2. The zero-order valence-corrected chi connectivity index (χ0v) is 9.45. The van der Waals surface area contributed by atoms with E-state index in [4.69, 9.17) is 4.52 Å². The van der Waals surface area contributed by atoms with Crippen LogP contribution in [-0.2, 0) is 11.2 Å². The first-order chi connectivity index (χ1) is 7.73. The quantitative estimate of drug-likeness (QED) is 0.850. The predicted molar refractivity (Wildman–Crippen MR) is 58.9 cm³/mol. The number of rotatable bonds is 3. The molecule has 1 amide bonds. The Kier molecular flexibility index (Phi) is 2.06. The molecule has 0 bridgehead atoms. The van der Waals surface area contributed by atoms with Crippen molar-refractivity contribution in [3.05, 3.63) is 11.8 Å². The van der Waals surface area contributed by atoms with E-state index in [-0.39, 0.29) is 11.8 Å². The second-order valence-electron chi connectivity index (χ2n) is 4.99. The summed E-state index contributed by atoms with van der Waals surface area (Å²) in [6, 6.07) is 1.80. The van der Waals surface area contributed by atoms with E-state index < -0.39 is 0 Å². The number of hydrogen-bond donors (Lipinski definition) is 1. The molecule has 1 aromatic heterocycles. The molecule has 4 heteroatoms. The molecule has 86 valence electrons. The van der Waals surface area contributed by atoms with Gasteiger partial charge in [-0.15, -0.1) is 0 Å². The van der Waals surface area contributed by atoms with E-state index in [0.717, 1.165) is 18.6 Å². The van der Waals surface area contributed by atoms with Crippen molar-refractivity contribution < 1.29 is 9.32 Å². The predicted octanol–water partition coefficient (Wildman–Crippen LogP) is 2.37. The summed E-state index contributed by atoms with van der Waals surface area (Å²) in [5.74, 6) is 1.71. The standard InChI is InChI=1S/C12H16N2O2/c1-2-8-6-10(14-16-8)13-11(15)9-7-12(9)4-3-5-12/h6,9H,2-5,7H2,1H3,(H,13,14,15). The van der Waals surface area contributed by atoms with Crippen molar-refractivity contribution >= 4 is 11.7 Å². The second kappa shape index (κ2) is 3.34. The molecule has 1 atom stereocenters. The SMILES string of the molecule is CCc1cc(NC(=O)C2CC23CCC3)no1. The molecule has 2 aliphatic rings. The Morgan fingerprint density at radius 1 is 1.69 bits per heavy atom. The zero-order chi connectivity index (χ0) is 11.2. The number of carbonyl (C=O) groups excluding carboxylic acids is 1. The van der Waals surface area contributed by atoms with Crippen molar-refractivity contribution in [2.75, 3.05) is 5.32 Å². The van der Waals surface area contributed by atoms with Crippen LogP contribution in [0, 0.1) is 11.3 Å². The van der Waals surface area contributed by atoms with Gasteiger partial charge in [0.1, 0.15) is 5.76 Å². The monoisotopic (exact) mass is 220 g/mol. The molecule has 1 N–H and O–H groups in total. The van der Waals surface area contributed by atoms with Crippen LogP contribution in [0.4, 0.5) is 5.82 Å². The maximum absolute atomic E-state index is 11.9. The third kappa shape index (κ3) is 1.44. The van der Waals surface area contributed by atoms with Crippen LogP contribution in [0.1, 0.15) is 38.4 Å². The highest BCUT2D eigenvalue weighted by Crippen LogP contribution is 2.65. The van der Waals surface area contributed by atoms with Gasteiger partial charge in [-0.2, -0.15) is 0 Å². The van der Waals surface area contributed by atoms with E-state index in [1.54, 1.807) is 6.07 Å². The first kappa shape index (κ1) is 9.87. The lowest BCUT2D eigenvalue weighted by atomic mass is 9.80. The molecule has 1 spiro atoms. The summed E-state index contributed by atoms with van der Waals surface area (Å²) in [7, 11) is 0. The fraction of sp³-hybridized carbons (Fsp3) is 0.667. The first-order valence-corrected chi connectivity index (χ1v) is 6.00. The fourth-order valence-electron chi connectivity index (χ4n) is 2.65. The fourth-order valence-corrected chi connectivity index (χ4v) is 2.65. The number of aryl methyl sites for hydroxylation is 1. The van der Waals surface area contributed by atoms with Gasteiger partial charge in [-0.1, -0.05) is 18.5 Å². The minimum absolute atomic E-state index is 0.121. The van der Waals surface area contributed by atoms with E-state index in [1.807, 2.05) is 6.92 Å². The van der Waals surface area contributed by atoms with Crippen molar-refractivity contribution in [3.8, 4) is 0 Å². The maximum Gasteiger partial charge on any atom is 0.229 e. The molecular formula is C12H16N2O2. The lowest BCUT2D eigenvalue weighted by Gasteiger charge is -2.26. The average Bonchev–Trinajstić information content (AvgIpc) is 2.86. The highest BCUT2D eigenvalue weighted by atomic mass is 16.5. The van der Waals surface area contributed by atoms with Crippen LogP contribution in [0.2, 0.25) is 0 Å². The number of amides is 1. The molecule has 1 unspecified atom stereocenters. The van der Waals surface area contributed by atoms with E-state index in [1.165, 1.54) is 19.3 Å². The number of carbonyl (C=O) groups is 1. The average molecular weight is 220 g/mol. The number of anilines is 1. The lowest BCUT2D eigenvalue weighted by molar-refractivity contribution is -0.118. The largest absolute Gasteiger partial charge is 0.359 e. The van der Waals surface area contributed by atoms with Gasteiger partial charge in [0.2, 0.25) is 5.91 Å². The van der Waals surface area contributed by atoms with Crippen molar-refractivity contribution in [2.45, 2.75) is 39.0 Å². The van der Waals surface area contributed by atoms with E-state index >= 15 is 0 Å². The minimum atomic E-state index is 0.121. The summed E-state index contributed by atoms with van der Waals surface area (Å²) in [6.07, 6.45) is 5.61. The molecule has 2 saturated carbocycles. The van der Waals surface area contributed by atoms with Gasteiger partial charge in [0.05, 0.1) is 0 Å². The Morgan fingerprint density at radius 3 is 3.00 bits per heavy atom. The van der Waals surface area contributed by atoms with Gasteiger partial charge in [-0.25, -0.2) is 0 Å². The third-order valence-electron chi connectivity index (χ3n) is 4.01. The van der Waals surface area contributed by atoms with Crippen LogP contribution in [0.5, 0.6) is 0 Å².